The van der Waals surface area contributed by atoms with Crippen LogP contribution in [0.4, 0.5) is 0 Å². The lowest BCUT2D eigenvalue weighted by atomic mass is 9.90. The van der Waals surface area contributed by atoms with Gasteiger partial charge in [-0.1, -0.05) is 84.9 Å². The van der Waals surface area contributed by atoms with E-state index in [1.54, 1.807) is 42.5 Å². The molecule has 3 rings (SSSR count). The summed E-state index contributed by atoms with van der Waals surface area (Å²) >= 11 is 0. The number of guanidine groups is 1. The minimum Gasteiger partial charge on any atom is -0.384 e. The Hall–Kier alpha value is -5.19. The molecule has 0 unspecified atom stereocenters. The molecule has 0 bridgehead atoms. The van der Waals surface area contributed by atoms with Crippen LogP contribution in [0.15, 0.2) is 84.9 Å². The molecule has 3 aromatic carbocycles. The van der Waals surface area contributed by atoms with Crippen LogP contribution in [0.3, 0.4) is 0 Å². The second-order valence-electron chi connectivity index (χ2n) is 9.58. The van der Waals surface area contributed by atoms with Crippen molar-refractivity contribution in [2.24, 2.45) is 17.2 Å². The van der Waals surface area contributed by atoms with Crippen LogP contribution in [-0.4, -0.2) is 42.1 Å². The number of amides is 3. The molecule has 0 heterocycles. The lowest BCUT2D eigenvalue weighted by Crippen LogP contribution is -2.50. The van der Waals surface area contributed by atoms with E-state index in [0.717, 1.165) is 11.1 Å². The van der Waals surface area contributed by atoms with Crippen molar-refractivity contribution in [3.63, 3.8) is 0 Å². The van der Waals surface area contributed by atoms with Crippen LogP contribution in [-0.2, 0) is 20.8 Å². The first-order valence-electron chi connectivity index (χ1n) is 13.2. The smallest absolute Gasteiger partial charge is 0.247 e. The molecule has 0 fully saturated rings. The fourth-order valence-electron chi connectivity index (χ4n) is 4.36. The summed E-state index contributed by atoms with van der Waals surface area (Å²) in [4.78, 5) is 39.5. The molecule has 11 nitrogen and oxygen atoms in total. The molecule has 3 atom stereocenters. The van der Waals surface area contributed by atoms with Crippen molar-refractivity contribution in [2.75, 3.05) is 6.54 Å². The lowest BCUT2D eigenvalue weighted by molar-refractivity contribution is -0.132. The molecule has 3 amide bonds. The van der Waals surface area contributed by atoms with Gasteiger partial charge in [0.05, 0.1) is 5.92 Å². The number of rotatable bonds is 14. The van der Waals surface area contributed by atoms with E-state index >= 15 is 0 Å². The van der Waals surface area contributed by atoms with E-state index in [1.807, 2.05) is 42.5 Å². The molecule has 0 aliphatic rings. The Balaban J connectivity index is 1.84. The third kappa shape index (κ3) is 9.20. The second kappa shape index (κ2) is 14.8. The van der Waals surface area contributed by atoms with E-state index < -0.39 is 29.8 Å². The average molecular weight is 557 g/mol. The van der Waals surface area contributed by atoms with E-state index in [-0.39, 0.29) is 24.1 Å². The Labute approximate surface area is 238 Å². The highest BCUT2D eigenvalue weighted by atomic mass is 16.2. The molecule has 0 spiro atoms. The number of amidine groups is 1. The summed E-state index contributed by atoms with van der Waals surface area (Å²) < 4.78 is 0. The van der Waals surface area contributed by atoms with Crippen LogP contribution in [0, 0.1) is 10.8 Å². The van der Waals surface area contributed by atoms with E-state index in [0.29, 0.717) is 30.5 Å². The summed E-state index contributed by atoms with van der Waals surface area (Å²) in [5, 5.41) is 23.1. The van der Waals surface area contributed by atoms with Crippen LogP contribution in [0.5, 0.6) is 0 Å². The van der Waals surface area contributed by atoms with Gasteiger partial charge in [-0.05, 0) is 36.0 Å². The number of nitrogen functional groups attached to an aromatic ring is 1. The number of hydrogen-bond acceptors (Lipinski definition) is 5. The molecular weight excluding hydrogens is 520 g/mol. The van der Waals surface area contributed by atoms with Crippen molar-refractivity contribution < 1.29 is 14.4 Å². The lowest BCUT2D eigenvalue weighted by Gasteiger charge is -2.25. The molecule has 0 aliphatic heterocycles. The van der Waals surface area contributed by atoms with Crippen molar-refractivity contribution in [2.45, 2.75) is 37.3 Å². The fourth-order valence-corrected chi connectivity index (χ4v) is 4.36. The molecule has 0 radical (unpaired) electrons. The minimum atomic E-state index is -1.09. The van der Waals surface area contributed by atoms with Crippen LogP contribution >= 0.6 is 0 Å². The Morgan fingerprint density at radius 1 is 0.732 bits per heavy atom. The third-order valence-corrected chi connectivity index (χ3v) is 6.55. The zero-order chi connectivity index (χ0) is 29.8. The number of nitrogens with two attached hydrogens (primary N) is 3. The SMILES string of the molecule is N=C(N)NCCC[C@H](NC(=O)[C@@H](NC(=O)[C@@H](Cc1ccc(C(=N)N)cc1)c1ccccc1)c1ccccc1)C(N)=O. The standard InChI is InChI=1S/C30H36N8O3/c31-26(32)22-15-13-19(14-16-22)18-23(20-8-3-1-4-9-20)28(40)38-25(21-10-5-2-6-11-21)29(41)37-24(27(33)39)12-7-17-36-30(34)35/h1-6,8-11,13-16,23-25H,7,12,17-18H2,(H3,31,32)(H2,33,39)(H,37,41)(H,38,40)(H4,34,35,36)/t23-,24-,25-/m0/s1. The topological polar surface area (TPSA) is 213 Å². The molecule has 0 aliphatic carbocycles. The van der Waals surface area contributed by atoms with Gasteiger partial charge in [-0.3, -0.25) is 25.2 Å². The normalized spacial score (nSPS) is 12.8. The summed E-state index contributed by atoms with van der Waals surface area (Å²) in [5.41, 5.74) is 19.2. The zero-order valence-corrected chi connectivity index (χ0v) is 22.6. The van der Waals surface area contributed by atoms with Crippen LogP contribution in [0.2, 0.25) is 0 Å². The number of primary amides is 1. The van der Waals surface area contributed by atoms with Gasteiger partial charge in [-0.15, -0.1) is 0 Å². The first kappa shape index (κ1) is 30.4. The van der Waals surface area contributed by atoms with Gasteiger partial charge >= 0.3 is 0 Å². The molecule has 0 saturated carbocycles. The molecular formula is C30H36N8O3. The zero-order valence-electron chi connectivity index (χ0n) is 22.6. The first-order chi connectivity index (χ1) is 19.7. The maximum absolute atomic E-state index is 13.8. The van der Waals surface area contributed by atoms with Crippen molar-refractivity contribution in [1.29, 1.82) is 10.8 Å². The average Bonchev–Trinajstić information content (AvgIpc) is 2.96. The van der Waals surface area contributed by atoms with E-state index in [4.69, 9.17) is 28.0 Å². The molecule has 214 valence electrons. The summed E-state index contributed by atoms with van der Waals surface area (Å²) in [6.45, 7) is 0.333. The van der Waals surface area contributed by atoms with Gasteiger partial charge in [0.1, 0.15) is 17.9 Å². The Morgan fingerprint density at radius 2 is 1.32 bits per heavy atom. The monoisotopic (exact) mass is 556 g/mol. The fraction of sp³-hybridized carbons (Fsp3) is 0.233. The molecule has 11 heteroatoms. The minimum absolute atomic E-state index is 0.0463. The van der Waals surface area contributed by atoms with Crippen molar-refractivity contribution in [1.82, 2.24) is 16.0 Å². The maximum Gasteiger partial charge on any atom is 0.247 e. The van der Waals surface area contributed by atoms with E-state index in [9.17, 15) is 14.4 Å². The van der Waals surface area contributed by atoms with Gasteiger partial charge in [0, 0.05) is 12.1 Å². The number of hydrogen-bond donors (Lipinski definition) is 8. The van der Waals surface area contributed by atoms with Gasteiger partial charge in [0.15, 0.2) is 5.96 Å². The Bertz CT molecular complexity index is 1350. The predicted molar refractivity (Wildman–Crippen MR) is 158 cm³/mol. The Morgan fingerprint density at radius 3 is 1.85 bits per heavy atom. The predicted octanol–water partition coefficient (Wildman–Crippen LogP) is 1.39. The van der Waals surface area contributed by atoms with Gasteiger partial charge in [-0.2, -0.15) is 0 Å². The van der Waals surface area contributed by atoms with Crippen LogP contribution in [0.1, 0.15) is 47.1 Å². The van der Waals surface area contributed by atoms with Gasteiger partial charge < -0.3 is 33.2 Å². The summed E-state index contributed by atoms with van der Waals surface area (Å²) in [7, 11) is 0. The summed E-state index contributed by atoms with van der Waals surface area (Å²) in [6, 6.07) is 23.0. The van der Waals surface area contributed by atoms with Crippen molar-refractivity contribution >= 4 is 29.5 Å². The molecule has 0 aromatic heterocycles. The van der Waals surface area contributed by atoms with Gasteiger partial charge in [-0.25, -0.2) is 0 Å². The largest absolute Gasteiger partial charge is 0.384 e. The number of benzene rings is 3. The Kier molecular flexibility index (Phi) is 11.0. The molecule has 11 N–H and O–H groups in total. The molecule has 0 saturated heterocycles. The highest BCUT2D eigenvalue weighted by molar-refractivity contribution is 5.95. The molecule has 3 aromatic rings. The number of carbonyl (C=O) groups excluding carboxylic acids is 3. The quantitative estimate of drug-likeness (QED) is 0.0834. The highest BCUT2D eigenvalue weighted by Gasteiger charge is 2.30. The third-order valence-electron chi connectivity index (χ3n) is 6.55. The second-order valence-corrected chi connectivity index (χ2v) is 9.58. The summed E-state index contributed by atoms with van der Waals surface area (Å²) in [6.07, 6.45) is 0.984. The van der Waals surface area contributed by atoms with Gasteiger partial charge in [0.2, 0.25) is 17.7 Å². The number of nitrogens with one attached hydrogen (secondary N) is 5. The molecule has 41 heavy (non-hydrogen) atoms. The number of carbonyl (C=O) groups is 3. The van der Waals surface area contributed by atoms with Crippen molar-refractivity contribution in [3.05, 3.63) is 107 Å². The first-order valence-corrected chi connectivity index (χ1v) is 13.2. The van der Waals surface area contributed by atoms with E-state index in [1.165, 1.54) is 0 Å². The highest BCUT2D eigenvalue weighted by Crippen LogP contribution is 2.24. The van der Waals surface area contributed by atoms with E-state index in [2.05, 4.69) is 16.0 Å². The summed E-state index contributed by atoms with van der Waals surface area (Å²) in [5.74, 6) is -2.55. The van der Waals surface area contributed by atoms with Crippen molar-refractivity contribution in [3.8, 4) is 0 Å². The van der Waals surface area contributed by atoms with Gasteiger partial charge in [0.25, 0.3) is 0 Å². The van der Waals surface area contributed by atoms with Crippen LogP contribution in [0.25, 0.3) is 0 Å². The van der Waals surface area contributed by atoms with Crippen LogP contribution < -0.4 is 33.2 Å². The maximum atomic E-state index is 13.8.